The van der Waals surface area contributed by atoms with E-state index in [9.17, 15) is 14.9 Å². The Morgan fingerprint density at radius 2 is 1.92 bits per heavy atom. The highest BCUT2D eigenvalue weighted by Gasteiger charge is 2.33. The minimum atomic E-state index is -0.679. The number of benzene rings is 3. The lowest BCUT2D eigenvalue weighted by Gasteiger charge is -2.16. The third-order valence-electron chi connectivity index (χ3n) is 5.19. The first kappa shape index (κ1) is 27.3. The number of carbonyl (C=O) groups is 2. The predicted octanol–water partition coefficient (Wildman–Crippen LogP) is 6.39. The van der Waals surface area contributed by atoms with Gasteiger partial charge < -0.3 is 14.8 Å². The SMILES string of the molecule is COc1cc(/C=C2\SC(=S)N(NC(=O)Nc3ccc(Cl)c(Cl)c3)C2=O)ccc1OCc1ccccc1C#N. The quantitative estimate of drug-likeness (QED) is 0.245. The molecule has 1 aliphatic heterocycles. The summed E-state index contributed by atoms with van der Waals surface area (Å²) in [5, 5.41) is 13.4. The van der Waals surface area contributed by atoms with Crippen LogP contribution in [0, 0.1) is 11.3 Å². The van der Waals surface area contributed by atoms with Crippen molar-refractivity contribution in [3.63, 3.8) is 0 Å². The Labute approximate surface area is 238 Å². The van der Waals surface area contributed by atoms with Crippen LogP contribution in [-0.4, -0.2) is 28.4 Å². The topological polar surface area (TPSA) is 104 Å². The van der Waals surface area contributed by atoms with Crippen LogP contribution in [0.25, 0.3) is 6.08 Å². The van der Waals surface area contributed by atoms with E-state index >= 15 is 0 Å². The van der Waals surface area contributed by atoms with Gasteiger partial charge in [-0.15, -0.1) is 0 Å². The first-order chi connectivity index (χ1) is 18.3. The Balaban J connectivity index is 1.43. The van der Waals surface area contributed by atoms with Gasteiger partial charge in [0.05, 0.1) is 33.7 Å². The van der Waals surface area contributed by atoms with Gasteiger partial charge in [-0.1, -0.05) is 59.2 Å². The fraction of sp³-hybridized carbons (Fsp3) is 0.0769. The summed E-state index contributed by atoms with van der Waals surface area (Å²) in [6.45, 7) is 0.189. The second kappa shape index (κ2) is 12.2. The van der Waals surface area contributed by atoms with Gasteiger partial charge in [0, 0.05) is 11.3 Å². The third kappa shape index (κ3) is 6.38. The van der Waals surface area contributed by atoms with Crippen LogP contribution in [0.4, 0.5) is 10.5 Å². The fourth-order valence-corrected chi connectivity index (χ4v) is 4.83. The molecule has 0 aliphatic carbocycles. The molecule has 1 heterocycles. The highest BCUT2D eigenvalue weighted by molar-refractivity contribution is 8.26. The number of amides is 3. The molecule has 0 spiro atoms. The van der Waals surface area contributed by atoms with E-state index < -0.39 is 11.9 Å². The number of rotatable bonds is 7. The van der Waals surface area contributed by atoms with E-state index in [2.05, 4.69) is 16.8 Å². The van der Waals surface area contributed by atoms with Crippen LogP contribution in [0.5, 0.6) is 11.5 Å². The number of nitrogens with zero attached hydrogens (tertiary/aromatic N) is 2. The van der Waals surface area contributed by atoms with Crippen molar-refractivity contribution in [1.29, 1.82) is 5.26 Å². The number of nitrogens with one attached hydrogen (secondary N) is 2. The number of thiocarbonyl (C=S) groups is 1. The smallest absolute Gasteiger partial charge is 0.338 e. The minimum absolute atomic E-state index is 0.161. The zero-order valence-electron chi connectivity index (χ0n) is 19.7. The van der Waals surface area contributed by atoms with E-state index in [0.29, 0.717) is 38.2 Å². The van der Waals surface area contributed by atoms with Gasteiger partial charge in [-0.2, -0.15) is 10.3 Å². The molecule has 3 amide bonds. The van der Waals surface area contributed by atoms with Gasteiger partial charge in [-0.3, -0.25) is 4.79 Å². The summed E-state index contributed by atoms with van der Waals surface area (Å²) in [6, 6.07) is 18.4. The molecule has 0 saturated carbocycles. The van der Waals surface area contributed by atoms with E-state index in [1.807, 2.05) is 12.1 Å². The van der Waals surface area contributed by atoms with Crippen LogP contribution in [-0.2, 0) is 11.4 Å². The monoisotopic (exact) mass is 584 g/mol. The molecule has 4 rings (SSSR count). The van der Waals surface area contributed by atoms with Crippen molar-refractivity contribution < 1.29 is 19.1 Å². The number of urea groups is 1. The summed E-state index contributed by atoms with van der Waals surface area (Å²) >= 11 is 18.2. The second-order valence-electron chi connectivity index (χ2n) is 7.68. The number of carbonyl (C=O) groups excluding carboxylic acids is 2. The summed E-state index contributed by atoms with van der Waals surface area (Å²) in [7, 11) is 1.51. The van der Waals surface area contributed by atoms with Crippen molar-refractivity contribution in [2.45, 2.75) is 6.61 Å². The van der Waals surface area contributed by atoms with E-state index in [-0.39, 0.29) is 16.0 Å². The molecule has 12 heteroatoms. The van der Waals surface area contributed by atoms with Gasteiger partial charge in [0.1, 0.15) is 6.61 Å². The number of hydrogen-bond donors (Lipinski definition) is 2. The summed E-state index contributed by atoms with van der Waals surface area (Å²) < 4.78 is 11.5. The summed E-state index contributed by atoms with van der Waals surface area (Å²) in [5.74, 6) is 0.435. The lowest BCUT2D eigenvalue weighted by atomic mass is 10.1. The Morgan fingerprint density at radius 3 is 2.66 bits per heavy atom. The van der Waals surface area contributed by atoms with Gasteiger partial charge in [0.2, 0.25) is 0 Å². The molecule has 0 radical (unpaired) electrons. The van der Waals surface area contributed by atoms with Crippen LogP contribution in [0.15, 0.2) is 65.6 Å². The lowest BCUT2D eigenvalue weighted by Crippen LogP contribution is -2.46. The molecule has 1 saturated heterocycles. The standard InChI is InChI=1S/C26H18Cl2N4O4S2/c1-35-22-10-15(6-9-21(22)36-14-17-5-3-2-4-16(17)13-29)11-23-24(33)32(26(37)38-23)31-25(34)30-18-7-8-19(27)20(28)12-18/h2-12H,14H2,1H3,(H2,30,31,34)/b23-11-. The highest BCUT2D eigenvalue weighted by Crippen LogP contribution is 2.34. The minimum Gasteiger partial charge on any atom is -0.493 e. The van der Waals surface area contributed by atoms with Crippen molar-refractivity contribution in [3.05, 3.63) is 92.3 Å². The average molecular weight is 585 g/mol. The van der Waals surface area contributed by atoms with Crippen molar-refractivity contribution in [2.24, 2.45) is 0 Å². The van der Waals surface area contributed by atoms with Crippen LogP contribution < -0.4 is 20.2 Å². The number of hydrogen-bond acceptors (Lipinski definition) is 7. The molecule has 0 atom stereocenters. The second-order valence-corrected chi connectivity index (χ2v) is 10.2. The molecule has 0 unspecified atom stereocenters. The maximum Gasteiger partial charge on any atom is 0.338 e. The van der Waals surface area contributed by atoms with E-state index in [0.717, 1.165) is 22.3 Å². The number of hydrazine groups is 1. The Kier molecular flexibility index (Phi) is 8.76. The average Bonchev–Trinajstić information content (AvgIpc) is 3.17. The summed E-state index contributed by atoms with van der Waals surface area (Å²) in [4.78, 5) is 25.7. The van der Waals surface area contributed by atoms with Crippen LogP contribution in [0.2, 0.25) is 10.0 Å². The summed E-state index contributed by atoms with van der Waals surface area (Å²) in [5.41, 5.74) is 4.77. The van der Waals surface area contributed by atoms with Gasteiger partial charge in [-0.25, -0.2) is 10.2 Å². The van der Waals surface area contributed by atoms with Crippen LogP contribution in [0.1, 0.15) is 16.7 Å². The van der Waals surface area contributed by atoms with Crippen LogP contribution in [0.3, 0.4) is 0 Å². The number of ether oxygens (including phenoxy) is 2. The maximum atomic E-state index is 12.9. The molecule has 2 N–H and O–H groups in total. The van der Waals surface area contributed by atoms with E-state index in [1.165, 1.54) is 19.2 Å². The van der Waals surface area contributed by atoms with Gasteiger partial charge in [-0.05, 0) is 60.3 Å². The van der Waals surface area contributed by atoms with Gasteiger partial charge in [0.25, 0.3) is 5.91 Å². The zero-order valence-corrected chi connectivity index (χ0v) is 22.8. The van der Waals surface area contributed by atoms with Crippen molar-refractivity contribution >= 4 is 75.2 Å². The third-order valence-corrected chi connectivity index (χ3v) is 7.23. The zero-order chi connectivity index (χ0) is 27.2. The molecule has 8 nitrogen and oxygen atoms in total. The summed E-state index contributed by atoms with van der Waals surface area (Å²) in [6.07, 6.45) is 1.63. The van der Waals surface area contributed by atoms with Crippen molar-refractivity contribution in [3.8, 4) is 17.6 Å². The van der Waals surface area contributed by atoms with Crippen LogP contribution >= 0.6 is 47.2 Å². The number of halogens is 2. The highest BCUT2D eigenvalue weighted by atomic mass is 35.5. The van der Waals surface area contributed by atoms with Crippen molar-refractivity contribution in [1.82, 2.24) is 10.4 Å². The number of methoxy groups -OCH3 is 1. The Bertz CT molecular complexity index is 1510. The molecule has 192 valence electrons. The normalized spacial score (nSPS) is 13.8. The maximum absolute atomic E-state index is 12.9. The lowest BCUT2D eigenvalue weighted by molar-refractivity contribution is -0.123. The van der Waals surface area contributed by atoms with E-state index in [4.69, 9.17) is 44.9 Å². The van der Waals surface area contributed by atoms with Gasteiger partial charge >= 0.3 is 6.03 Å². The molecule has 0 bridgehead atoms. The van der Waals surface area contributed by atoms with E-state index in [1.54, 1.807) is 42.5 Å². The first-order valence-corrected chi connectivity index (χ1v) is 12.9. The largest absolute Gasteiger partial charge is 0.493 e. The molecular formula is C26H18Cl2N4O4S2. The number of nitriles is 1. The number of thioether (sulfide) groups is 1. The Hall–Kier alpha value is -3.75. The molecule has 1 fully saturated rings. The number of anilines is 1. The molecule has 38 heavy (non-hydrogen) atoms. The molecule has 3 aromatic carbocycles. The van der Waals surface area contributed by atoms with Gasteiger partial charge in [0.15, 0.2) is 15.8 Å². The fourth-order valence-electron chi connectivity index (χ4n) is 3.35. The predicted molar refractivity (Wildman–Crippen MR) is 152 cm³/mol. The molecule has 0 aromatic heterocycles. The van der Waals surface area contributed by atoms with Crippen molar-refractivity contribution in [2.75, 3.05) is 12.4 Å². The first-order valence-electron chi connectivity index (χ1n) is 10.9. The molecular weight excluding hydrogens is 567 g/mol. The Morgan fingerprint density at radius 1 is 1.13 bits per heavy atom. The molecule has 1 aliphatic rings. The molecule has 3 aromatic rings.